The highest BCUT2D eigenvalue weighted by Gasteiger charge is 2.20. The van der Waals surface area contributed by atoms with Crippen LogP contribution in [0, 0.1) is 6.92 Å². The molecule has 0 saturated heterocycles. The fraction of sp³-hybridized carbons (Fsp3) is 0.300. The van der Waals surface area contributed by atoms with Crippen LogP contribution >= 0.6 is 15.9 Å². The van der Waals surface area contributed by atoms with E-state index in [-0.39, 0.29) is 6.79 Å². The Bertz CT molecular complexity index is 387. The summed E-state index contributed by atoms with van der Waals surface area (Å²) in [5.41, 5.74) is 2.00. The smallest absolute Gasteiger partial charge is 0.231 e. The standard InChI is InChI=1S/C10H9BrO3/c1-6-7(2-3-12)4-8-10(9(6)11)14-5-13-8/h3-4H,2,5H2,1H3. The number of hydrogen-bond donors (Lipinski definition) is 0. The molecule has 0 fully saturated rings. The molecule has 1 heterocycles. The van der Waals surface area contributed by atoms with Crippen molar-refractivity contribution in [2.45, 2.75) is 13.3 Å². The van der Waals surface area contributed by atoms with E-state index in [1.165, 1.54) is 0 Å². The maximum absolute atomic E-state index is 10.5. The van der Waals surface area contributed by atoms with Crippen LogP contribution in [-0.4, -0.2) is 13.1 Å². The lowest BCUT2D eigenvalue weighted by atomic mass is 10.1. The Balaban J connectivity index is 2.54. The van der Waals surface area contributed by atoms with Crippen molar-refractivity contribution < 1.29 is 14.3 Å². The molecule has 1 aromatic carbocycles. The second-order valence-electron chi connectivity index (χ2n) is 3.08. The van der Waals surface area contributed by atoms with E-state index in [1.54, 1.807) is 0 Å². The lowest BCUT2D eigenvalue weighted by Crippen LogP contribution is -1.93. The van der Waals surface area contributed by atoms with Gasteiger partial charge in [0.25, 0.3) is 0 Å². The second-order valence-corrected chi connectivity index (χ2v) is 3.87. The normalized spacial score (nSPS) is 13.0. The summed E-state index contributed by atoms with van der Waals surface area (Å²) in [5.74, 6) is 1.44. The van der Waals surface area contributed by atoms with Gasteiger partial charge in [0, 0.05) is 6.42 Å². The Morgan fingerprint density at radius 1 is 1.57 bits per heavy atom. The van der Waals surface area contributed by atoms with Gasteiger partial charge in [0.05, 0.1) is 4.47 Å². The minimum absolute atomic E-state index is 0.248. The molecule has 0 N–H and O–H groups in total. The van der Waals surface area contributed by atoms with E-state index in [4.69, 9.17) is 9.47 Å². The third-order valence-corrected chi connectivity index (χ3v) is 3.22. The monoisotopic (exact) mass is 256 g/mol. The first-order chi connectivity index (χ1) is 6.74. The molecule has 0 atom stereocenters. The van der Waals surface area contributed by atoms with Crippen molar-refractivity contribution in [3.05, 3.63) is 21.7 Å². The van der Waals surface area contributed by atoms with Gasteiger partial charge >= 0.3 is 0 Å². The summed E-state index contributed by atoms with van der Waals surface area (Å²) >= 11 is 3.43. The van der Waals surface area contributed by atoms with Crippen molar-refractivity contribution in [2.24, 2.45) is 0 Å². The molecular weight excluding hydrogens is 248 g/mol. The van der Waals surface area contributed by atoms with Gasteiger partial charge in [0.1, 0.15) is 6.29 Å². The van der Waals surface area contributed by atoms with Crippen LogP contribution in [0.15, 0.2) is 10.5 Å². The van der Waals surface area contributed by atoms with E-state index in [2.05, 4.69) is 15.9 Å². The van der Waals surface area contributed by atoms with Crippen molar-refractivity contribution in [3.8, 4) is 11.5 Å². The molecule has 2 rings (SSSR count). The summed E-state index contributed by atoms with van der Waals surface area (Å²) in [6.07, 6.45) is 1.29. The molecule has 0 spiro atoms. The van der Waals surface area contributed by atoms with Crippen LogP contribution in [0.1, 0.15) is 11.1 Å². The van der Waals surface area contributed by atoms with Gasteiger partial charge in [-0.15, -0.1) is 0 Å². The highest BCUT2D eigenvalue weighted by molar-refractivity contribution is 9.10. The number of aldehydes is 1. The Hall–Kier alpha value is -1.03. The number of benzene rings is 1. The zero-order chi connectivity index (χ0) is 10.1. The van der Waals surface area contributed by atoms with Crippen LogP contribution in [0.4, 0.5) is 0 Å². The van der Waals surface area contributed by atoms with Gasteiger partial charge in [-0.05, 0) is 40.0 Å². The van der Waals surface area contributed by atoms with Gasteiger partial charge in [-0.25, -0.2) is 0 Å². The van der Waals surface area contributed by atoms with Gasteiger partial charge in [-0.1, -0.05) is 0 Å². The number of fused-ring (bicyclic) bond motifs is 1. The molecule has 0 amide bonds. The third-order valence-electron chi connectivity index (χ3n) is 2.26. The quantitative estimate of drug-likeness (QED) is 0.762. The molecule has 0 radical (unpaired) electrons. The third kappa shape index (κ3) is 1.39. The van der Waals surface area contributed by atoms with Gasteiger partial charge in [-0.2, -0.15) is 0 Å². The van der Waals surface area contributed by atoms with Gasteiger partial charge < -0.3 is 14.3 Å². The van der Waals surface area contributed by atoms with E-state index in [0.29, 0.717) is 12.2 Å². The summed E-state index contributed by atoms with van der Waals surface area (Å²) in [5, 5.41) is 0. The number of ether oxygens (including phenoxy) is 2. The van der Waals surface area contributed by atoms with Gasteiger partial charge in [0.15, 0.2) is 11.5 Å². The SMILES string of the molecule is Cc1c(CC=O)cc2c(c1Br)OCO2. The highest BCUT2D eigenvalue weighted by atomic mass is 79.9. The Kier molecular flexibility index (Phi) is 2.46. The van der Waals surface area contributed by atoms with Gasteiger partial charge in [-0.3, -0.25) is 0 Å². The van der Waals surface area contributed by atoms with Crippen LogP contribution < -0.4 is 9.47 Å². The van der Waals surface area contributed by atoms with Crippen molar-refractivity contribution in [2.75, 3.05) is 6.79 Å². The fourth-order valence-electron chi connectivity index (χ4n) is 1.45. The van der Waals surface area contributed by atoms with E-state index in [9.17, 15) is 4.79 Å². The molecule has 1 aliphatic heterocycles. The Labute approximate surface area is 90.1 Å². The van der Waals surface area contributed by atoms with E-state index >= 15 is 0 Å². The van der Waals surface area contributed by atoms with Crippen LogP contribution in [0.5, 0.6) is 11.5 Å². The number of carbonyl (C=O) groups is 1. The molecule has 0 saturated carbocycles. The van der Waals surface area contributed by atoms with E-state index in [1.807, 2.05) is 13.0 Å². The van der Waals surface area contributed by atoms with E-state index in [0.717, 1.165) is 27.6 Å². The van der Waals surface area contributed by atoms with Crippen LogP contribution in [0.2, 0.25) is 0 Å². The Morgan fingerprint density at radius 3 is 3.07 bits per heavy atom. The number of rotatable bonds is 2. The zero-order valence-electron chi connectivity index (χ0n) is 7.67. The zero-order valence-corrected chi connectivity index (χ0v) is 9.26. The molecule has 1 aromatic rings. The Morgan fingerprint density at radius 2 is 2.36 bits per heavy atom. The van der Waals surface area contributed by atoms with E-state index < -0.39 is 0 Å². The predicted octanol–water partition coefficient (Wildman–Crippen LogP) is 2.23. The lowest BCUT2D eigenvalue weighted by molar-refractivity contribution is -0.107. The first-order valence-electron chi connectivity index (χ1n) is 4.25. The summed E-state index contributed by atoms with van der Waals surface area (Å²) in [6.45, 7) is 2.20. The second kappa shape index (κ2) is 3.61. The predicted molar refractivity (Wildman–Crippen MR) is 54.8 cm³/mol. The average molecular weight is 257 g/mol. The summed E-state index contributed by atoms with van der Waals surface area (Å²) in [6, 6.07) is 1.86. The van der Waals surface area contributed by atoms with Crippen molar-refractivity contribution >= 4 is 22.2 Å². The highest BCUT2D eigenvalue weighted by Crippen LogP contribution is 2.42. The molecule has 1 aliphatic rings. The summed E-state index contributed by atoms with van der Waals surface area (Å²) in [7, 11) is 0. The fourth-order valence-corrected chi connectivity index (χ4v) is 2.01. The number of carbonyl (C=O) groups excluding carboxylic acids is 1. The maximum atomic E-state index is 10.5. The molecule has 0 unspecified atom stereocenters. The maximum Gasteiger partial charge on any atom is 0.231 e. The molecule has 74 valence electrons. The van der Waals surface area contributed by atoms with Gasteiger partial charge in [0.2, 0.25) is 6.79 Å². The van der Waals surface area contributed by atoms with Crippen molar-refractivity contribution in [1.82, 2.24) is 0 Å². The molecule has 0 bridgehead atoms. The number of hydrogen-bond acceptors (Lipinski definition) is 3. The molecule has 4 heteroatoms. The van der Waals surface area contributed by atoms with Crippen LogP contribution in [-0.2, 0) is 11.2 Å². The topological polar surface area (TPSA) is 35.5 Å². The van der Waals surface area contributed by atoms with Crippen LogP contribution in [0.25, 0.3) is 0 Å². The first-order valence-corrected chi connectivity index (χ1v) is 5.04. The minimum Gasteiger partial charge on any atom is -0.454 e. The van der Waals surface area contributed by atoms with Crippen molar-refractivity contribution in [1.29, 1.82) is 0 Å². The lowest BCUT2D eigenvalue weighted by Gasteiger charge is -2.07. The minimum atomic E-state index is 0.248. The molecule has 0 aliphatic carbocycles. The summed E-state index contributed by atoms with van der Waals surface area (Å²) in [4.78, 5) is 10.5. The molecular formula is C10H9BrO3. The molecule has 0 aromatic heterocycles. The van der Waals surface area contributed by atoms with Crippen molar-refractivity contribution in [3.63, 3.8) is 0 Å². The number of halogens is 1. The summed E-state index contributed by atoms with van der Waals surface area (Å²) < 4.78 is 11.4. The molecule has 14 heavy (non-hydrogen) atoms. The first kappa shape index (κ1) is 9.52. The molecule has 3 nitrogen and oxygen atoms in total. The van der Waals surface area contributed by atoms with Crippen LogP contribution in [0.3, 0.4) is 0 Å². The largest absolute Gasteiger partial charge is 0.454 e. The average Bonchev–Trinajstić information content (AvgIpc) is 2.62.